The molecule has 0 bridgehead atoms. The quantitative estimate of drug-likeness (QED) is 0.229. The number of fused-ring (bicyclic) bond motifs is 10. The summed E-state index contributed by atoms with van der Waals surface area (Å²) in [6, 6.07) is 40.1. The van der Waals surface area contributed by atoms with Gasteiger partial charge in [-0.25, -0.2) is 4.98 Å². The molecule has 0 radical (unpaired) electrons. The van der Waals surface area contributed by atoms with E-state index in [0.717, 1.165) is 33.3 Å². The van der Waals surface area contributed by atoms with Crippen molar-refractivity contribution in [2.24, 2.45) is 0 Å². The average molecular weight is 518 g/mol. The van der Waals surface area contributed by atoms with Crippen molar-refractivity contribution in [2.75, 3.05) is 0 Å². The lowest BCUT2D eigenvalue weighted by atomic mass is 10.1. The normalized spacial score (nSPS) is 12.1. The second-order valence-corrected chi connectivity index (χ2v) is 10.9. The van der Waals surface area contributed by atoms with E-state index in [0.29, 0.717) is 11.5 Å². The molecule has 5 heteroatoms. The molecule has 0 fully saturated rings. The highest BCUT2D eigenvalue weighted by Crippen LogP contribution is 2.44. The van der Waals surface area contributed by atoms with E-state index in [9.17, 15) is 0 Å². The lowest BCUT2D eigenvalue weighted by Crippen LogP contribution is -2.02. The van der Waals surface area contributed by atoms with Crippen LogP contribution in [0.15, 0.2) is 120 Å². The number of hydrogen-bond donors (Lipinski definition) is 0. The van der Waals surface area contributed by atoms with E-state index in [1.54, 1.807) is 0 Å². The molecule has 9 aromatic rings. The Labute approximate surface area is 226 Å². The number of nitrogens with zero attached hydrogens (tertiary/aromatic N) is 3. The Morgan fingerprint density at radius 1 is 0.590 bits per heavy atom. The number of benzene rings is 5. The predicted molar refractivity (Wildman–Crippen MR) is 162 cm³/mol. The van der Waals surface area contributed by atoms with Crippen molar-refractivity contribution in [1.82, 2.24) is 14.5 Å². The Kier molecular flexibility index (Phi) is 4.18. The van der Waals surface area contributed by atoms with E-state index < -0.39 is 0 Å². The molecule has 0 aliphatic heterocycles. The number of aromatic nitrogens is 3. The minimum Gasteiger partial charge on any atom is -0.437 e. The molecule has 5 aromatic carbocycles. The van der Waals surface area contributed by atoms with Gasteiger partial charge in [0.15, 0.2) is 11.6 Å². The summed E-state index contributed by atoms with van der Waals surface area (Å²) in [6.45, 7) is 0. The monoisotopic (exact) mass is 517 g/mol. The SMILES string of the molecule is c1ccc(-c2nc(-n3c4ccccc4c4ccc5c6ccccc6sc5c43)c3c(n2)oc2ccccc23)cc1. The average Bonchev–Trinajstić information content (AvgIpc) is 3.66. The van der Waals surface area contributed by atoms with Gasteiger partial charge in [-0.2, -0.15) is 4.98 Å². The molecule has 0 spiro atoms. The summed E-state index contributed by atoms with van der Waals surface area (Å²) in [4.78, 5) is 10.2. The van der Waals surface area contributed by atoms with Gasteiger partial charge in [0.1, 0.15) is 5.58 Å². The summed E-state index contributed by atoms with van der Waals surface area (Å²) in [5.41, 5.74) is 4.63. The number of rotatable bonds is 2. The minimum absolute atomic E-state index is 0.592. The van der Waals surface area contributed by atoms with Crippen LogP contribution in [-0.4, -0.2) is 14.5 Å². The highest BCUT2D eigenvalue weighted by Gasteiger charge is 2.23. The topological polar surface area (TPSA) is 43.9 Å². The van der Waals surface area contributed by atoms with Gasteiger partial charge in [0.05, 0.1) is 21.1 Å². The van der Waals surface area contributed by atoms with Gasteiger partial charge < -0.3 is 4.42 Å². The third kappa shape index (κ3) is 2.88. The molecule has 4 aromatic heterocycles. The number of thiophene rings is 1. The van der Waals surface area contributed by atoms with Crippen LogP contribution in [0.25, 0.3) is 81.3 Å². The molecule has 0 saturated carbocycles. The van der Waals surface area contributed by atoms with Crippen LogP contribution in [0.4, 0.5) is 0 Å². The fourth-order valence-electron chi connectivity index (χ4n) is 5.93. The molecule has 39 heavy (non-hydrogen) atoms. The van der Waals surface area contributed by atoms with Crippen LogP contribution in [0.1, 0.15) is 0 Å². The molecular formula is C34H19N3OS. The smallest absolute Gasteiger partial charge is 0.233 e. The zero-order valence-electron chi connectivity index (χ0n) is 20.6. The largest absolute Gasteiger partial charge is 0.437 e. The van der Waals surface area contributed by atoms with Gasteiger partial charge in [-0.1, -0.05) is 97.1 Å². The molecule has 0 aliphatic carbocycles. The van der Waals surface area contributed by atoms with Crippen LogP contribution in [0.5, 0.6) is 0 Å². The fourth-order valence-corrected chi connectivity index (χ4v) is 7.17. The van der Waals surface area contributed by atoms with Gasteiger partial charge in [0.25, 0.3) is 0 Å². The van der Waals surface area contributed by atoms with Crippen molar-refractivity contribution < 1.29 is 4.42 Å². The summed E-state index contributed by atoms with van der Waals surface area (Å²) in [5, 5.41) is 6.89. The Balaban J connectivity index is 1.53. The lowest BCUT2D eigenvalue weighted by Gasteiger charge is -2.11. The number of para-hydroxylation sites is 2. The zero-order valence-corrected chi connectivity index (χ0v) is 21.4. The van der Waals surface area contributed by atoms with Gasteiger partial charge in [0.2, 0.25) is 5.71 Å². The summed E-state index contributed by atoms with van der Waals surface area (Å²) < 4.78 is 11.2. The van der Waals surface area contributed by atoms with Gasteiger partial charge in [0, 0.05) is 37.2 Å². The number of furan rings is 1. The Bertz CT molecular complexity index is 2400. The van der Waals surface area contributed by atoms with Crippen LogP contribution in [0.2, 0.25) is 0 Å². The Hall–Kier alpha value is -5.00. The van der Waals surface area contributed by atoms with Crippen LogP contribution in [0, 0.1) is 0 Å². The molecule has 0 saturated heterocycles. The summed E-state index contributed by atoms with van der Waals surface area (Å²) in [5.74, 6) is 1.48. The molecule has 9 rings (SSSR count). The van der Waals surface area contributed by atoms with Crippen molar-refractivity contribution in [2.45, 2.75) is 0 Å². The Morgan fingerprint density at radius 3 is 2.21 bits per heavy atom. The second-order valence-electron chi connectivity index (χ2n) is 9.80. The van der Waals surface area contributed by atoms with Gasteiger partial charge in [-0.05, 0) is 18.2 Å². The van der Waals surface area contributed by atoms with E-state index in [1.165, 1.54) is 36.5 Å². The fraction of sp³-hybridized carbons (Fsp3) is 0. The maximum Gasteiger partial charge on any atom is 0.233 e. The van der Waals surface area contributed by atoms with Crippen LogP contribution in [-0.2, 0) is 0 Å². The van der Waals surface area contributed by atoms with Crippen LogP contribution in [0.3, 0.4) is 0 Å². The number of hydrogen-bond acceptors (Lipinski definition) is 4. The van der Waals surface area contributed by atoms with E-state index in [1.807, 2.05) is 59.9 Å². The lowest BCUT2D eigenvalue weighted by molar-refractivity contribution is 0.653. The molecule has 182 valence electrons. The van der Waals surface area contributed by atoms with Crippen molar-refractivity contribution in [3.63, 3.8) is 0 Å². The molecule has 0 aliphatic rings. The van der Waals surface area contributed by atoms with E-state index in [-0.39, 0.29) is 0 Å². The summed E-state index contributed by atoms with van der Waals surface area (Å²) in [7, 11) is 0. The zero-order chi connectivity index (χ0) is 25.5. The first-order valence-electron chi connectivity index (χ1n) is 12.9. The predicted octanol–water partition coefficient (Wildman–Crippen LogP) is 9.51. The van der Waals surface area contributed by atoms with Crippen molar-refractivity contribution >= 4 is 75.4 Å². The third-order valence-electron chi connectivity index (χ3n) is 7.64. The highest BCUT2D eigenvalue weighted by atomic mass is 32.1. The molecule has 0 amide bonds. The van der Waals surface area contributed by atoms with Crippen LogP contribution >= 0.6 is 11.3 Å². The van der Waals surface area contributed by atoms with Gasteiger partial charge in [-0.15, -0.1) is 11.3 Å². The summed E-state index contributed by atoms with van der Waals surface area (Å²) in [6.07, 6.45) is 0. The molecular weight excluding hydrogens is 498 g/mol. The molecule has 0 unspecified atom stereocenters. The minimum atomic E-state index is 0.592. The first-order valence-corrected chi connectivity index (χ1v) is 13.8. The molecule has 4 heterocycles. The van der Waals surface area contributed by atoms with E-state index in [2.05, 4.69) is 71.3 Å². The summed E-state index contributed by atoms with van der Waals surface area (Å²) >= 11 is 1.84. The van der Waals surface area contributed by atoms with Crippen molar-refractivity contribution in [3.8, 4) is 17.2 Å². The van der Waals surface area contributed by atoms with Crippen LogP contribution < -0.4 is 0 Å². The van der Waals surface area contributed by atoms with E-state index >= 15 is 0 Å². The van der Waals surface area contributed by atoms with Crippen molar-refractivity contribution in [3.05, 3.63) is 115 Å². The van der Waals surface area contributed by atoms with Gasteiger partial charge in [-0.3, -0.25) is 4.57 Å². The van der Waals surface area contributed by atoms with E-state index in [4.69, 9.17) is 14.4 Å². The first-order chi connectivity index (χ1) is 19.3. The second kappa shape index (κ2) is 7.76. The maximum absolute atomic E-state index is 6.35. The van der Waals surface area contributed by atoms with Crippen molar-refractivity contribution in [1.29, 1.82) is 0 Å². The molecule has 0 N–H and O–H groups in total. The first kappa shape index (κ1) is 21.0. The maximum atomic E-state index is 6.35. The van der Waals surface area contributed by atoms with Gasteiger partial charge >= 0.3 is 0 Å². The molecule has 0 atom stereocenters. The third-order valence-corrected chi connectivity index (χ3v) is 8.84. The Morgan fingerprint density at radius 2 is 1.31 bits per heavy atom. The highest BCUT2D eigenvalue weighted by molar-refractivity contribution is 7.26. The molecule has 4 nitrogen and oxygen atoms in total. The standard InChI is InChI=1S/C34H19N3OS/c1-2-10-20(11-3-1)32-35-33(29-25-14-5-8-16-27(25)38-34(29)36-32)37-26-15-7-4-12-21(26)23-18-19-24-22-13-6-9-17-28(22)39-31(24)30(23)37/h1-19H.